The Morgan fingerprint density at radius 2 is 1.65 bits per heavy atom. The van der Waals surface area contributed by atoms with Gasteiger partial charge in [0, 0.05) is 29.9 Å². The van der Waals surface area contributed by atoms with E-state index in [0.29, 0.717) is 64.9 Å². The van der Waals surface area contributed by atoms with E-state index >= 15 is 0 Å². The molecule has 6 unspecified atom stereocenters. The SMILES string of the molecule is CC(CSCC(N)C(=O)O)C(=O)CC[C@@H](C)C1CCC2C3C(CC[C@@]21C)[C@@]1(C)CC[C@H](NCCCNCCCCN)C[C@@H]1C[C@H]3O. The van der Waals surface area contributed by atoms with Crippen molar-refractivity contribution < 1.29 is 19.8 Å². The molecule has 4 saturated carbocycles. The van der Waals surface area contributed by atoms with Gasteiger partial charge in [-0.2, -0.15) is 11.8 Å². The van der Waals surface area contributed by atoms with E-state index < -0.39 is 12.0 Å². The molecule has 266 valence electrons. The number of hydrogen-bond donors (Lipinski definition) is 6. The minimum atomic E-state index is -0.989. The fourth-order valence-corrected chi connectivity index (χ4v) is 11.8. The van der Waals surface area contributed by atoms with E-state index in [2.05, 4.69) is 31.4 Å². The number of carboxylic acid groups (broad SMARTS) is 1. The number of ketones is 1. The maximum absolute atomic E-state index is 13.0. The van der Waals surface area contributed by atoms with Crippen molar-refractivity contribution in [2.75, 3.05) is 37.7 Å². The molecule has 4 fully saturated rings. The lowest BCUT2D eigenvalue weighted by atomic mass is 9.43. The minimum Gasteiger partial charge on any atom is -0.480 e. The van der Waals surface area contributed by atoms with Gasteiger partial charge in [0.2, 0.25) is 0 Å². The maximum atomic E-state index is 13.0. The molecule has 0 amide bonds. The normalized spacial score (nSPS) is 37.5. The van der Waals surface area contributed by atoms with Gasteiger partial charge < -0.3 is 32.3 Å². The number of carboxylic acids is 1. The van der Waals surface area contributed by atoms with Crippen molar-refractivity contribution in [3.63, 3.8) is 0 Å². The molecule has 12 atom stereocenters. The Kier molecular flexibility index (Phi) is 14.3. The molecule has 0 bridgehead atoms. The predicted molar refractivity (Wildman–Crippen MR) is 190 cm³/mol. The van der Waals surface area contributed by atoms with Crippen LogP contribution in [0.5, 0.6) is 0 Å². The number of rotatable bonds is 19. The van der Waals surface area contributed by atoms with Gasteiger partial charge in [0.05, 0.1) is 6.10 Å². The van der Waals surface area contributed by atoms with Gasteiger partial charge in [-0.1, -0.05) is 27.7 Å². The lowest BCUT2D eigenvalue weighted by Gasteiger charge is -2.62. The Bertz CT molecular complexity index is 987. The fraction of sp³-hybridized carbons (Fsp3) is 0.946. The number of hydrogen-bond acceptors (Lipinski definition) is 8. The summed E-state index contributed by atoms with van der Waals surface area (Å²) in [5.41, 5.74) is 11.8. The van der Waals surface area contributed by atoms with Gasteiger partial charge in [0.25, 0.3) is 0 Å². The van der Waals surface area contributed by atoms with Gasteiger partial charge >= 0.3 is 5.97 Å². The van der Waals surface area contributed by atoms with Crippen LogP contribution in [0.15, 0.2) is 0 Å². The average Bonchev–Trinajstić information content (AvgIpc) is 3.38. The van der Waals surface area contributed by atoms with Crippen LogP contribution >= 0.6 is 11.8 Å². The van der Waals surface area contributed by atoms with E-state index in [-0.39, 0.29) is 23.2 Å². The second-order valence-electron chi connectivity index (χ2n) is 16.4. The van der Waals surface area contributed by atoms with E-state index in [1.165, 1.54) is 56.7 Å². The second-order valence-corrected chi connectivity index (χ2v) is 17.5. The molecule has 0 aromatic carbocycles. The van der Waals surface area contributed by atoms with Crippen LogP contribution in [0.25, 0.3) is 0 Å². The Labute approximate surface area is 284 Å². The zero-order valence-corrected chi connectivity index (χ0v) is 30.3. The first kappa shape index (κ1) is 38.1. The first-order valence-corrected chi connectivity index (χ1v) is 20.0. The molecule has 46 heavy (non-hydrogen) atoms. The van der Waals surface area contributed by atoms with Crippen LogP contribution in [-0.4, -0.2) is 77.8 Å². The van der Waals surface area contributed by atoms with Crippen molar-refractivity contribution in [3.8, 4) is 0 Å². The number of unbranched alkanes of at least 4 members (excludes halogenated alkanes) is 1. The molecular formula is C37H68N4O4S. The summed E-state index contributed by atoms with van der Waals surface area (Å²) in [5.74, 6) is 3.52. The summed E-state index contributed by atoms with van der Waals surface area (Å²) in [4.78, 5) is 24.0. The van der Waals surface area contributed by atoms with Crippen LogP contribution in [0.3, 0.4) is 0 Å². The molecule has 4 rings (SSSR count). The highest BCUT2D eigenvalue weighted by Gasteiger charge is 2.62. The molecule has 0 aromatic rings. The van der Waals surface area contributed by atoms with Crippen molar-refractivity contribution in [2.45, 2.75) is 129 Å². The van der Waals surface area contributed by atoms with Crippen molar-refractivity contribution in [3.05, 3.63) is 0 Å². The number of Topliss-reactive ketones (excluding diaryl/α,β-unsaturated/α-hetero) is 1. The summed E-state index contributed by atoms with van der Waals surface area (Å²) in [7, 11) is 0. The highest BCUT2D eigenvalue weighted by atomic mass is 32.2. The summed E-state index contributed by atoms with van der Waals surface area (Å²) in [6, 6.07) is -0.294. The van der Waals surface area contributed by atoms with Crippen LogP contribution in [0, 0.1) is 52.3 Å². The van der Waals surface area contributed by atoms with Crippen LogP contribution in [0.4, 0.5) is 0 Å². The standard InChI is InChI=1S/C37H68N4O4S/c1-24(8-11-32(42)25(2)22-46-23-31(39)35(44)45)28-9-10-29-34-30(13-15-37(28,29)4)36(3)14-12-27(20-26(36)21-33(34)43)41-19-7-18-40-17-6-5-16-38/h24-31,33-34,40-41,43H,5-23,38-39H2,1-4H3,(H,44,45)/t24-,25?,26-,27+,28?,29?,30?,31?,33-,34?,36+,37-/m1/s1. The molecule has 0 aromatic heterocycles. The number of fused-ring (bicyclic) bond motifs is 5. The molecule has 0 heterocycles. The van der Waals surface area contributed by atoms with Gasteiger partial charge in [0.15, 0.2) is 0 Å². The van der Waals surface area contributed by atoms with E-state index in [0.717, 1.165) is 58.3 Å². The Morgan fingerprint density at radius 3 is 2.39 bits per heavy atom. The molecule has 0 spiro atoms. The number of aliphatic hydroxyl groups excluding tert-OH is 1. The molecule has 9 heteroatoms. The van der Waals surface area contributed by atoms with Crippen molar-refractivity contribution in [1.29, 1.82) is 0 Å². The summed E-state index contributed by atoms with van der Waals surface area (Å²) in [6.07, 6.45) is 14.4. The summed E-state index contributed by atoms with van der Waals surface area (Å²) >= 11 is 1.47. The number of aliphatic hydroxyl groups is 1. The van der Waals surface area contributed by atoms with Gasteiger partial charge in [-0.3, -0.25) is 9.59 Å². The second kappa shape index (κ2) is 17.3. The molecule has 0 radical (unpaired) electrons. The Morgan fingerprint density at radius 1 is 0.935 bits per heavy atom. The van der Waals surface area contributed by atoms with Crippen molar-refractivity contribution in [2.24, 2.45) is 63.7 Å². The highest BCUT2D eigenvalue weighted by molar-refractivity contribution is 7.99. The average molecular weight is 665 g/mol. The summed E-state index contributed by atoms with van der Waals surface area (Å²) < 4.78 is 0. The van der Waals surface area contributed by atoms with Gasteiger partial charge in [-0.25, -0.2) is 0 Å². The van der Waals surface area contributed by atoms with Crippen LogP contribution in [0.1, 0.15) is 111 Å². The number of nitrogens with one attached hydrogen (secondary N) is 2. The quantitative estimate of drug-likeness (QED) is 0.104. The number of carbonyl (C=O) groups excluding carboxylic acids is 1. The summed E-state index contributed by atoms with van der Waals surface area (Å²) in [6.45, 7) is 13.4. The largest absolute Gasteiger partial charge is 0.480 e. The zero-order valence-electron chi connectivity index (χ0n) is 29.5. The zero-order chi connectivity index (χ0) is 33.5. The van der Waals surface area contributed by atoms with Crippen LogP contribution in [-0.2, 0) is 9.59 Å². The first-order chi connectivity index (χ1) is 21.9. The fourth-order valence-electron chi connectivity index (χ4n) is 10.8. The lowest BCUT2D eigenvalue weighted by Crippen LogP contribution is -2.59. The molecule has 0 aliphatic heterocycles. The molecule has 8 nitrogen and oxygen atoms in total. The third-order valence-electron chi connectivity index (χ3n) is 13.6. The monoisotopic (exact) mass is 664 g/mol. The third-order valence-corrected chi connectivity index (χ3v) is 14.9. The van der Waals surface area contributed by atoms with Gasteiger partial charge in [0.1, 0.15) is 11.8 Å². The lowest BCUT2D eigenvalue weighted by molar-refractivity contribution is -0.167. The Hall–Kier alpha value is -0.710. The molecule has 8 N–H and O–H groups in total. The Balaban J connectivity index is 1.25. The summed E-state index contributed by atoms with van der Waals surface area (Å²) in [5, 5.41) is 28.2. The van der Waals surface area contributed by atoms with E-state index in [9.17, 15) is 14.7 Å². The van der Waals surface area contributed by atoms with E-state index in [1.807, 2.05) is 6.92 Å². The van der Waals surface area contributed by atoms with Crippen LogP contribution < -0.4 is 22.1 Å². The molecule has 0 saturated heterocycles. The number of carbonyl (C=O) groups is 2. The number of thioether (sulfide) groups is 1. The van der Waals surface area contributed by atoms with E-state index in [4.69, 9.17) is 16.6 Å². The van der Waals surface area contributed by atoms with Gasteiger partial charge in [-0.15, -0.1) is 0 Å². The predicted octanol–water partition coefficient (Wildman–Crippen LogP) is 5.06. The topological polar surface area (TPSA) is 151 Å². The molecule has 4 aliphatic carbocycles. The minimum absolute atomic E-state index is 0.0782. The number of nitrogens with two attached hydrogens (primary N) is 2. The third kappa shape index (κ3) is 8.90. The highest BCUT2D eigenvalue weighted by Crippen LogP contribution is 2.68. The van der Waals surface area contributed by atoms with Crippen LogP contribution in [0.2, 0.25) is 0 Å². The van der Waals surface area contributed by atoms with E-state index in [1.54, 1.807) is 0 Å². The number of aliphatic carboxylic acids is 1. The maximum Gasteiger partial charge on any atom is 0.321 e. The van der Waals surface area contributed by atoms with Gasteiger partial charge in [-0.05, 0) is 150 Å². The van der Waals surface area contributed by atoms with Crippen molar-refractivity contribution >= 4 is 23.5 Å². The molecular weight excluding hydrogens is 596 g/mol. The van der Waals surface area contributed by atoms with Crippen molar-refractivity contribution in [1.82, 2.24) is 10.6 Å². The first-order valence-electron chi connectivity index (χ1n) is 18.8. The smallest absolute Gasteiger partial charge is 0.321 e. The molecule has 4 aliphatic rings.